The number of anilines is 1. The Morgan fingerprint density at radius 1 is 1.09 bits per heavy atom. The maximum atomic E-state index is 14.6. The lowest BCUT2D eigenvalue weighted by atomic mass is 10.0. The van der Waals surface area contributed by atoms with Gasteiger partial charge in [-0.15, -0.1) is 0 Å². The molecule has 5 nitrogen and oxygen atoms in total. The zero-order chi connectivity index (χ0) is 24.0. The second-order valence-corrected chi connectivity index (χ2v) is 8.61. The summed E-state index contributed by atoms with van der Waals surface area (Å²) in [7, 11) is 0. The molecule has 33 heavy (non-hydrogen) atoms. The van der Waals surface area contributed by atoms with E-state index in [0.29, 0.717) is 5.69 Å². The monoisotopic (exact) mass is 464 g/mol. The Morgan fingerprint density at radius 3 is 2.48 bits per heavy atom. The fourth-order valence-corrected chi connectivity index (χ4v) is 3.04. The standard InChI is InChI=1S/C26H22ClFN2O3/c1-26(2,3)33-25(32)30-20-11-12-22(27)21(14-20)24(31)13-18-16-29-19(15-23(18)28)10-9-17-7-5-4-6-8-17/h4-8,11-12,14-16H,13H2,1-3H3,(H,30,32). The molecule has 0 fully saturated rings. The number of pyridine rings is 1. The van der Waals surface area contributed by atoms with Crippen LogP contribution in [0.3, 0.4) is 0 Å². The first-order chi connectivity index (χ1) is 15.6. The number of hydrogen-bond acceptors (Lipinski definition) is 4. The van der Waals surface area contributed by atoms with Crippen LogP contribution in [0.4, 0.5) is 14.9 Å². The summed E-state index contributed by atoms with van der Waals surface area (Å²) >= 11 is 6.17. The zero-order valence-electron chi connectivity index (χ0n) is 18.4. The normalized spacial score (nSPS) is 10.7. The SMILES string of the molecule is CC(C)(C)OC(=O)Nc1ccc(Cl)c(C(=O)Cc2cnc(C#Cc3ccccc3)cc2F)c1. The number of nitrogens with zero attached hydrogens (tertiary/aromatic N) is 1. The van der Waals surface area contributed by atoms with Gasteiger partial charge in [0, 0.05) is 41.1 Å². The Kier molecular flexibility index (Phi) is 7.47. The van der Waals surface area contributed by atoms with Gasteiger partial charge in [0.05, 0.1) is 5.02 Å². The van der Waals surface area contributed by atoms with Crippen molar-refractivity contribution < 1.29 is 18.7 Å². The third kappa shape index (κ3) is 7.16. The van der Waals surface area contributed by atoms with Gasteiger partial charge in [-0.05, 0) is 57.0 Å². The zero-order valence-corrected chi connectivity index (χ0v) is 19.2. The summed E-state index contributed by atoms with van der Waals surface area (Å²) in [5, 5.41) is 2.75. The van der Waals surface area contributed by atoms with Crippen molar-refractivity contribution in [3.05, 3.63) is 94.0 Å². The predicted octanol–water partition coefficient (Wildman–Crippen LogP) is 6.05. The highest BCUT2D eigenvalue weighted by Crippen LogP contribution is 2.23. The van der Waals surface area contributed by atoms with E-state index >= 15 is 0 Å². The summed E-state index contributed by atoms with van der Waals surface area (Å²) in [5.74, 6) is 4.71. The first-order valence-electron chi connectivity index (χ1n) is 10.1. The number of carbonyl (C=O) groups excluding carboxylic acids is 2. The van der Waals surface area contributed by atoms with E-state index < -0.39 is 23.3 Å². The Labute approximate surface area is 197 Å². The molecular formula is C26H22ClFN2O3. The van der Waals surface area contributed by atoms with Crippen LogP contribution in [0, 0.1) is 17.7 Å². The van der Waals surface area contributed by atoms with Crippen molar-refractivity contribution in [3.8, 4) is 11.8 Å². The minimum absolute atomic E-state index is 0.117. The molecule has 1 heterocycles. The summed E-state index contributed by atoms with van der Waals surface area (Å²) in [4.78, 5) is 28.9. The highest BCUT2D eigenvalue weighted by molar-refractivity contribution is 6.34. The summed E-state index contributed by atoms with van der Waals surface area (Å²) in [6.45, 7) is 5.22. The van der Waals surface area contributed by atoms with Gasteiger partial charge in [0.1, 0.15) is 17.1 Å². The quantitative estimate of drug-likeness (QED) is 0.377. The first-order valence-corrected chi connectivity index (χ1v) is 10.5. The third-order valence-corrected chi connectivity index (χ3v) is 4.63. The molecule has 1 aromatic heterocycles. The molecule has 2 aromatic carbocycles. The lowest BCUT2D eigenvalue weighted by Gasteiger charge is -2.19. The van der Waals surface area contributed by atoms with Crippen LogP contribution < -0.4 is 5.32 Å². The summed E-state index contributed by atoms with van der Waals surface area (Å²) < 4.78 is 19.8. The van der Waals surface area contributed by atoms with E-state index in [1.165, 1.54) is 24.4 Å². The van der Waals surface area contributed by atoms with Crippen molar-refractivity contribution in [1.29, 1.82) is 0 Å². The van der Waals surface area contributed by atoms with Gasteiger partial charge in [-0.2, -0.15) is 0 Å². The number of ether oxygens (including phenoxy) is 1. The van der Waals surface area contributed by atoms with Gasteiger partial charge in [0.25, 0.3) is 0 Å². The van der Waals surface area contributed by atoms with Gasteiger partial charge in [0.15, 0.2) is 5.78 Å². The molecular weight excluding hydrogens is 443 g/mol. The van der Waals surface area contributed by atoms with Crippen LogP contribution in [0.5, 0.6) is 0 Å². The van der Waals surface area contributed by atoms with Crippen LogP contribution in [0.15, 0.2) is 60.8 Å². The molecule has 0 saturated heterocycles. The Hall–Kier alpha value is -3.69. The van der Waals surface area contributed by atoms with Crippen LogP contribution in [-0.2, 0) is 11.2 Å². The summed E-state index contributed by atoms with van der Waals surface area (Å²) in [6, 6.07) is 14.9. The van der Waals surface area contributed by atoms with Crippen molar-refractivity contribution in [2.24, 2.45) is 0 Å². The number of Topliss-reactive ketones (excluding diaryl/α,β-unsaturated/α-hetero) is 1. The van der Waals surface area contributed by atoms with Crippen molar-refractivity contribution >= 4 is 29.2 Å². The molecule has 0 bridgehead atoms. The minimum Gasteiger partial charge on any atom is -0.444 e. The molecule has 0 atom stereocenters. The Bertz CT molecular complexity index is 1240. The van der Waals surface area contributed by atoms with Gasteiger partial charge < -0.3 is 4.74 Å². The first kappa shape index (κ1) is 24.0. The van der Waals surface area contributed by atoms with Crippen molar-refractivity contribution in [3.63, 3.8) is 0 Å². The lowest BCUT2D eigenvalue weighted by molar-refractivity contribution is 0.0635. The van der Waals surface area contributed by atoms with E-state index in [2.05, 4.69) is 22.1 Å². The Balaban J connectivity index is 1.73. The topological polar surface area (TPSA) is 68.3 Å². The molecule has 7 heteroatoms. The molecule has 3 rings (SSSR count). The van der Waals surface area contributed by atoms with E-state index in [-0.39, 0.29) is 28.3 Å². The fourth-order valence-electron chi connectivity index (χ4n) is 2.82. The highest BCUT2D eigenvalue weighted by atomic mass is 35.5. The smallest absolute Gasteiger partial charge is 0.412 e. The van der Waals surface area contributed by atoms with Gasteiger partial charge in [-0.1, -0.05) is 35.7 Å². The van der Waals surface area contributed by atoms with E-state index in [9.17, 15) is 14.0 Å². The average Bonchev–Trinajstić information content (AvgIpc) is 2.74. The molecule has 1 N–H and O–H groups in total. The fraction of sp³-hybridized carbons (Fsp3) is 0.192. The van der Waals surface area contributed by atoms with E-state index in [1.807, 2.05) is 30.3 Å². The molecule has 1 amide bonds. The number of carbonyl (C=O) groups is 2. The van der Waals surface area contributed by atoms with Gasteiger partial charge >= 0.3 is 6.09 Å². The molecule has 0 aliphatic rings. The number of aromatic nitrogens is 1. The maximum absolute atomic E-state index is 14.6. The number of ketones is 1. The number of amides is 1. The highest BCUT2D eigenvalue weighted by Gasteiger charge is 2.18. The molecule has 0 unspecified atom stereocenters. The molecule has 0 aliphatic heterocycles. The van der Waals surface area contributed by atoms with Crippen LogP contribution >= 0.6 is 11.6 Å². The van der Waals surface area contributed by atoms with Crippen molar-refractivity contribution in [2.45, 2.75) is 32.8 Å². The molecule has 0 radical (unpaired) electrons. The maximum Gasteiger partial charge on any atom is 0.412 e. The van der Waals surface area contributed by atoms with Crippen LogP contribution in [0.25, 0.3) is 0 Å². The van der Waals surface area contributed by atoms with Gasteiger partial charge in [-0.25, -0.2) is 14.2 Å². The Morgan fingerprint density at radius 2 is 1.82 bits per heavy atom. The van der Waals surface area contributed by atoms with E-state index in [4.69, 9.17) is 16.3 Å². The number of nitrogens with one attached hydrogen (secondary N) is 1. The molecule has 0 saturated carbocycles. The van der Waals surface area contributed by atoms with Gasteiger partial charge in [-0.3, -0.25) is 10.1 Å². The van der Waals surface area contributed by atoms with Crippen LogP contribution in [-0.4, -0.2) is 22.5 Å². The summed E-state index contributed by atoms with van der Waals surface area (Å²) in [6.07, 6.45) is 0.380. The minimum atomic E-state index is -0.669. The molecule has 0 spiro atoms. The van der Waals surface area contributed by atoms with Gasteiger partial charge in [0.2, 0.25) is 0 Å². The second kappa shape index (κ2) is 10.3. The van der Waals surface area contributed by atoms with Crippen molar-refractivity contribution in [2.75, 3.05) is 5.32 Å². The third-order valence-electron chi connectivity index (χ3n) is 4.30. The number of rotatable bonds is 4. The molecule has 3 aromatic rings. The van der Waals surface area contributed by atoms with Crippen molar-refractivity contribution in [1.82, 2.24) is 4.98 Å². The number of halogens is 2. The van der Waals surface area contributed by atoms with Crippen LogP contribution in [0.1, 0.15) is 48.0 Å². The molecule has 0 aliphatic carbocycles. The lowest BCUT2D eigenvalue weighted by Crippen LogP contribution is -2.27. The largest absolute Gasteiger partial charge is 0.444 e. The number of benzene rings is 2. The predicted molar refractivity (Wildman–Crippen MR) is 126 cm³/mol. The number of hydrogen-bond donors (Lipinski definition) is 1. The summed E-state index contributed by atoms with van der Waals surface area (Å²) in [5.41, 5.74) is 0.978. The van der Waals surface area contributed by atoms with Crippen LogP contribution in [0.2, 0.25) is 5.02 Å². The molecule has 168 valence electrons. The van der Waals surface area contributed by atoms with E-state index in [1.54, 1.807) is 26.8 Å². The second-order valence-electron chi connectivity index (χ2n) is 8.20. The van der Waals surface area contributed by atoms with E-state index in [0.717, 1.165) is 5.56 Å². The average molecular weight is 465 g/mol.